The van der Waals surface area contributed by atoms with E-state index in [1.807, 2.05) is 13.0 Å². The lowest BCUT2D eigenvalue weighted by Crippen LogP contribution is -2.59. The third-order valence-corrected chi connectivity index (χ3v) is 10.9. The Hall–Kier alpha value is -3.37. The van der Waals surface area contributed by atoms with E-state index in [0.29, 0.717) is 42.6 Å². The zero-order valence-corrected chi connectivity index (χ0v) is 24.5. The number of nitrogens with zero attached hydrogens (tertiary/aromatic N) is 1. The van der Waals surface area contributed by atoms with Crippen molar-refractivity contribution in [3.8, 4) is 0 Å². The first-order valence-electron chi connectivity index (χ1n) is 15.0. The van der Waals surface area contributed by atoms with Gasteiger partial charge in [0.25, 0.3) is 11.8 Å². The van der Waals surface area contributed by atoms with Crippen LogP contribution in [0.25, 0.3) is 0 Å². The average Bonchev–Trinajstić information content (AvgIpc) is 3.41. The lowest BCUT2D eigenvalue weighted by Gasteiger charge is -2.59. The molecule has 0 radical (unpaired) electrons. The van der Waals surface area contributed by atoms with Crippen molar-refractivity contribution in [3.63, 3.8) is 0 Å². The highest BCUT2D eigenvalue weighted by molar-refractivity contribution is 6.01. The molecular weight excluding hydrogens is 546 g/mol. The second-order valence-corrected chi connectivity index (χ2v) is 13.0. The van der Waals surface area contributed by atoms with Crippen LogP contribution in [0.2, 0.25) is 0 Å². The van der Waals surface area contributed by atoms with Crippen molar-refractivity contribution in [3.05, 3.63) is 11.6 Å². The summed E-state index contributed by atoms with van der Waals surface area (Å²) in [5.41, 5.74) is -0.854. The van der Waals surface area contributed by atoms with E-state index in [1.165, 1.54) is 12.5 Å². The predicted molar refractivity (Wildman–Crippen MR) is 144 cm³/mol. The quantitative estimate of drug-likeness (QED) is 0.306. The van der Waals surface area contributed by atoms with Gasteiger partial charge >= 0.3 is 17.9 Å². The molecule has 5 rings (SSSR count). The van der Waals surface area contributed by atoms with Crippen LogP contribution in [0.4, 0.5) is 0 Å². The van der Waals surface area contributed by atoms with Crippen molar-refractivity contribution in [2.75, 3.05) is 6.61 Å². The SMILES string of the molecule is CC(=O)O[C@]1(C(=O)COC(=O)CCC(=O)ON2C(=O)CCC2=O)CCC2C3CCC4=CC(=O)CC[C@]4(C)C3CC[C@@]21C. The van der Waals surface area contributed by atoms with Crippen molar-refractivity contribution < 1.29 is 47.9 Å². The zero-order chi connectivity index (χ0) is 30.4. The minimum Gasteiger partial charge on any atom is -0.457 e. The first-order chi connectivity index (χ1) is 19.8. The molecule has 11 heteroatoms. The van der Waals surface area contributed by atoms with E-state index >= 15 is 0 Å². The van der Waals surface area contributed by atoms with Gasteiger partial charge in [-0.15, -0.1) is 5.06 Å². The molecule has 0 aromatic heterocycles. The molecule has 3 unspecified atom stereocenters. The fourth-order valence-corrected chi connectivity index (χ4v) is 8.83. The van der Waals surface area contributed by atoms with Crippen molar-refractivity contribution in [1.29, 1.82) is 0 Å². The minimum absolute atomic E-state index is 0.0408. The van der Waals surface area contributed by atoms with Gasteiger partial charge in [-0.3, -0.25) is 28.8 Å². The number of ether oxygens (including phenoxy) is 2. The van der Waals surface area contributed by atoms with Gasteiger partial charge in [-0.1, -0.05) is 19.4 Å². The van der Waals surface area contributed by atoms with Gasteiger partial charge in [0.15, 0.2) is 18.0 Å². The Balaban J connectivity index is 1.24. The van der Waals surface area contributed by atoms with Crippen molar-refractivity contribution in [2.24, 2.45) is 28.6 Å². The molecule has 1 aliphatic heterocycles. The molecule has 4 aliphatic carbocycles. The maximum absolute atomic E-state index is 13.8. The number of esters is 2. The van der Waals surface area contributed by atoms with E-state index in [2.05, 4.69) is 6.92 Å². The molecule has 0 N–H and O–H groups in total. The maximum atomic E-state index is 13.8. The summed E-state index contributed by atoms with van der Waals surface area (Å²) < 4.78 is 11.1. The molecule has 2 amide bonds. The standard InChI is InChI=1S/C31H39NO10/c1-18(33)41-31(24(35)17-40-27(38)8-9-28(39)42-32-25(36)6-7-26(32)37)15-12-23-21-5-4-19-16-20(34)10-13-29(19,2)22(21)11-14-30(23,31)3/h16,21-23H,4-15,17H2,1-3H3/t21?,22?,23?,29-,30-,31-/m0/s1. The Kier molecular flexibility index (Phi) is 7.91. The topological polar surface area (TPSA) is 150 Å². The number of ketones is 2. The summed E-state index contributed by atoms with van der Waals surface area (Å²) in [5, 5.41) is 0.406. The van der Waals surface area contributed by atoms with E-state index in [1.54, 1.807) is 0 Å². The van der Waals surface area contributed by atoms with Crippen LogP contribution in [-0.2, 0) is 47.9 Å². The van der Waals surface area contributed by atoms with Crippen LogP contribution in [0.15, 0.2) is 11.6 Å². The van der Waals surface area contributed by atoms with Gasteiger partial charge in [0, 0.05) is 31.6 Å². The normalized spacial score (nSPS) is 35.5. The van der Waals surface area contributed by atoms with Gasteiger partial charge in [-0.2, -0.15) is 0 Å². The Morgan fingerprint density at radius 1 is 0.857 bits per heavy atom. The highest BCUT2D eigenvalue weighted by Gasteiger charge is 2.68. The van der Waals surface area contributed by atoms with Gasteiger partial charge < -0.3 is 14.3 Å². The third-order valence-electron chi connectivity index (χ3n) is 10.9. The fraction of sp³-hybridized carbons (Fsp3) is 0.710. The highest BCUT2D eigenvalue weighted by atomic mass is 16.7. The average molecular weight is 586 g/mol. The van der Waals surface area contributed by atoms with Crippen LogP contribution < -0.4 is 0 Å². The summed E-state index contributed by atoms with van der Waals surface area (Å²) in [6, 6.07) is 0. The van der Waals surface area contributed by atoms with Crippen molar-refractivity contribution in [2.45, 2.75) is 103 Å². The van der Waals surface area contributed by atoms with Crippen LogP contribution in [0.5, 0.6) is 0 Å². The number of hydrogen-bond acceptors (Lipinski definition) is 10. The van der Waals surface area contributed by atoms with Crippen LogP contribution in [-0.4, -0.2) is 58.6 Å². The first kappa shape index (κ1) is 30.1. The van der Waals surface area contributed by atoms with Crippen LogP contribution in [0.1, 0.15) is 97.8 Å². The number of imide groups is 1. The smallest absolute Gasteiger partial charge is 0.333 e. The number of carbonyl (C=O) groups excluding carboxylic acids is 7. The van der Waals surface area contributed by atoms with Gasteiger partial charge in [0.2, 0.25) is 5.78 Å². The zero-order valence-electron chi connectivity index (χ0n) is 24.5. The highest BCUT2D eigenvalue weighted by Crippen LogP contribution is 2.68. The van der Waals surface area contributed by atoms with Gasteiger partial charge in [0.1, 0.15) is 0 Å². The molecule has 0 aromatic rings. The van der Waals surface area contributed by atoms with Crippen LogP contribution in [0, 0.1) is 28.6 Å². The molecule has 1 heterocycles. The van der Waals surface area contributed by atoms with Gasteiger partial charge in [0.05, 0.1) is 12.8 Å². The molecule has 42 heavy (non-hydrogen) atoms. The van der Waals surface area contributed by atoms with E-state index in [9.17, 15) is 33.6 Å². The summed E-state index contributed by atoms with van der Waals surface area (Å²) in [6.07, 6.45) is 6.65. The van der Waals surface area contributed by atoms with Crippen molar-refractivity contribution >= 4 is 41.3 Å². The molecule has 1 saturated heterocycles. The number of Topliss-reactive ketones (excluding diaryl/α,β-unsaturated/α-hetero) is 1. The third kappa shape index (κ3) is 4.98. The molecule has 0 aromatic carbocycles. The molecule has 5 aliphatic rings. The van der Waals surface area contributed by atoms with Crippen LogP contribution in [0.3, 0.4) is 0 Å². The molecule has 6 atom stereocenters. The van der Waals surface area contributed by atoms with Crippen molar-refractivity contribution in [1.82, 2.24) is 5.06 Å². The summed E-state index contributed by atoms with van der Waals surface area (Å²) in [6.45, 7) is 4.98. The lowest BCUT2D eigenvalue weighted by molar-refractivity contribution is -0.197. The molecule has 0 bridgehead atoms. The first-order valence-corrected chi connectivity index (χ1v) is 15.0. The Labute approximate surface area is 244 Å². The number of fused-ring (bicyclic) bond motifs is 5. The van der Waals surface area contributed by atoms with E-state index in [4.69, 9.17) is 14.3 Å². The number of rotatable bonds is 8. The minimum atomic E-state index is -1.43. The second kappa shape index (κ2) is 11.0. The monoisotopic (exact) mass is 585 g/mol. The molecule has 11 nitrogen and oxygen atoms in total. The summed E-state index contributed by atoms with van der Waals surface area (Å²) in [5.74, 6) is -3.01. The van der Waals surface area contributed by atoms with E-state index in [0.717, 1.165) is 25.7 Å². The summed E-state index contributed by atoms with van der Waals surface area (Å²) in [4.78, 5) is 90.8. The number of hydrogen-bond donors (Lipinski definition) is 0. The number of hydroxylamine groups is 2. The molecule has 228 valence electrons. The van der Waals surface area contributed by atoms with E-state index < -0.39 is 66.0 Å². The second-order valence-electron chi connectivity index (χ2n) is 13.0. The lowest BCUT2D eigenvalue weighted by atomic mass is 9.46. The number of amides is 2. The Morgan fingerprint density at radius 3 is 2.21 bits per heavy atom. The maximum Gasteiger partial charge on any atom is 0.333 e. The van der Waals surface area contributed by atoms with Gasteiger partial charge in [-0.05, 0) is 74.2 Å². The fourth-order valence-electron chi connectivity index (χ4n) is 8.83. The van der Waals surface area contributed by atoms with E-state index in [-0.39, 0.29) is 30.0 Å². The number of allylic oxidation sites excluding steroid dienone is 1. The number of carbonyl (C=O) groups is 7. The largest absolute Gasteiger partial charge is 0.457 e. The molecule has 3 saturated carbocycles. The summed E-state index contributed by atoms with van der Waals surface area (Å²) >= 11 is 0. The molecule has 4 fully saturated rings. The molecule has 0 spiro atoms. The molecular formula is C31H39NO10. The van der Waals surface area contributed by atoms with Crippen LogP contribution >= 0.6 is 0 Å². The summed E-state index contributed by atoms with van der Waals surface area (Å²) in [7, 11) is 0. The predicted octanol–water partition coefficient (Wildman–Crippen LogP) is 3.32. The Morgan fingerprint density at radius 2 is 1.52 bits per heavy atom. The Bertz CT molecular complexity index is 1250. The van der Waals surface area contributed by atoms with Gasteiger partial charge in [-0.25, -0.2) is 4.79 Å².